The van der Waals surface area contributed by atoms with Gasteiger partial charge < -0.3 is 23.8 Å². The van der Waals surface area contributed by atoms with Crippen molar-refractivity contribution in [1.82, 2.24) is 0 Å². The lowest BCUT2D eigenvalue weighted by atomic mass is 10.0. The first-order valence-electron chi connectivity index (χ1n) is 23.9. The molecule has 0 heterocycles. The Morgan fingerprint density at radius 3 is 1.42 bits per heavy atom. The summed E-state index contributed by atoms with van der Waals surface area (Å²) in [6.07, 6.45) is 45.1. The van der Waals surface area contributed by atoms with Crippen LogP contribution in [0.25, 0.3) is 0 Å². The number of allylic oxidation sites excluding steroid dienone is 4. The number of carbonyl (C=O) groups is 3. The molecular formula is C49H92NO7+. The van der Waals surface area contributed by atoms with Crippen LogP contribution in [0.3, 0.4) is 0 Å². The van der Waals surface area contributed by atoms with Gasteiger partial charge in [0.05, 0.1) is 34.4 Å². The first kappa shape index (κ1) is 54.8. The van der Waals surface area contributed by atoms with Crippen molar-refractivity contribution in [3.63, 3.8) is 0 Å². The van der Waals surface area contributed by atoms with Gasteiger partial charge in [0.15, 0.2) is 12.1 Å². The second-order valence-electron chi connectivity index (χ2n) is 17.4. The predicted molar refractivity (Wildman–Crippen MR) is 238 cm³/mol. The highest BCUT2D eigenvalue weighted by Crippen LogP contribution is 2.16. The molecule has 0 aromatic rings. The molecule has 2 atom stereocenters. The van der Waals surface area contributed by atoms with Gasteiger partial charge >= 0.3 is 17.9 Å². The number of nitrogens with zero attached hydrogens (tertiary/aromatic N) is 1. The van der Waals surface area contributed by atoms with E-state index >= 15 is 0 Å². The van der Waals surface area contributed by atoms with Crippen molar-refractivity contribution in [2.75, 3.05) is 41.0 Å². The van der Waals surface area contributed by atoms with Crippen molar-refractivity contribution in [2.45, 2.75) is 231 Å². The third-order valence-electron chi connectivity index (χ3n) is 10.8. The van der Waals surface area contributed by atoms with Gasteiger partial charge in [0.2, 0.25) is 0 Å². The summed E-state index contributed by atoms with van der Waals surface area (Å²) in [7, 11) is 5.53. The number of hydrogen-bond donors (Lipinski definition) is 1. The minimum absolute atomic E-state index is 0.0522. The molecule has 0 saturated carbocycles. The Morgan fingerprint density at radius 2 is 0.965 bits per heavy atom. The smallest absolute Gasteiger partial charge is 0.362 e. The number of quaternary nitrogens is 1. The first-order chi connectivity index (χ1) is 27.6. The first-order valence-corrected chi connectivity index (χ1v) is 23.9. The van der Waals surface area contributed by atoms with Gasteiger partial charge in [-0.15, -0.1) is 0 Å². The number of carboxylic acids is 1. The Morgan fingerprint density at radius 1 is 0.526 bits per heavy atom. The van der Waals surface area contributed by atoms with E-state index in [-0.39, 0.29) is 36.2 Å². The number of aliphatic carboxylic acids is 1. The molecule has 0 aliphatic carbocycles. The molecule has 57 heavy (non-hydrogen) atoms. The number of likely N-dealkylation sites (N-methyl/N-ethyl adjacent to an activating group) is 1. The molecule has 8 heteroatoms. The SMILES string of the molecule is CCC/C=C\C/C=C\CCCCCCCC(=O)OC(COCCC(C(=O)O)[N+](C)(C)C)COC(=O)CCCCCCCCCCCCCCCCCCCCCC. The molecule has 0 radical (unpaired) electrons. The lowest BCUT2D eigenvalue weighted by Gasteiger charge is -2.31. The predicted octanol–water partition coefficient (Wildman–Crippen LogP) is 13.3. The van der Waals surface area contributed by atoms with Crippen LogP contribution in [0.5, 0.6) is 0 Å². The van der Waals surface area contributed by atoms with E-state index in [1.54, 1.807) is 0 Å². The molecule has 0 saturated heterocycles. The van der Waals surface area contributed by atoms with Crippen molar-refractivity contribution < 1.29 is 38.2 Å². The van der Waals surface area contributed by atoms with E-state index < -0.39 is 18.1 Å². The normalized spacial score (nSPS) is 13.1. The van der Waals surface area contributed by atoms with Crippen molar-refractivity contribution in [3.8, 4) is 0 Å². The molecule has 0 bridgehead atoms. The maximum Gasteiger partial charge on any atom is 0.362 e. The Bertz CT molecular complexity index is 989. The molecule has 0 amide bonds. The van der Waals surface area contributed by atoms with Crippen molar-refractivity contribution in [1.29, 1.82) is 0 Å². The van der Waals surface area contributed by atoms with E-state index in [0.717, 1.165) is 70.6 Å². The lowest BCUT2D eigenvalue weighted by molar-refractivity contribution is -0.887. The summed E-state index contributed by atoms with van der Waals surface area (Å²) < 4.78 is 17.3. The molecule has 0 spiro atoms. The molecular weight excluding hydrogens is 715 g/mol. The molecule has 0 aliphatic rings. The Balaban J connectivity index is 4.22. The lowest BCUT2D eigenvalue weighted by Crippen LogP contribution is -2.50. The largest absolute Gasteiger partial charge is 0.477 e. The fraction of sp³-hybridized carbons (Fsp3) is 0.857. The van der Waals surface area contributed by atoms with Crippen molar-refractivity contribution in [2.24, 2.45) is 0 Å². The molecule has 0 aromatic heterocycles. The van der Waals surface area contributed by atoms with Crippen LogP contribution in [-0.4, -0.2) is 80.6 Å². The highest BCUT2D eigenvalue weighted by molar-refractivity contribution is 5.72. The Hall–Kier alpha value is -2.19. The molecule has 334 valence electrons. The second kappa shape index (κ2) is 40.6. The van der Waals surface area contributed by atoms with Gasteiger partial charge in [-0.2, -0.15) is 0 Å². The number of esters is 2. The van der Waals surface area contributed by atoms with Crippen LogP contribution >= 0.6 is 0 Å². The summed E-state index contributed by atoms with van der Waals surface area (Å²) in [5.74, 6) is -1.47. The highest BCUT2D eigenvalue weighted by Gasteiger charge is 2.31. The summed E-state index contributed by atoms with van der Waals surface area (Å²) in [4.78, 5) is 37.0. The van der Waals surface area contributed by atoms with Gasteiger partial charge in [-0.05, 0) is 38.5 Å². The monoisotopic (exact) mass is 807 g/mol. The molecule has 0 fully saturated rings. The van der Waals surface area contributed by atoms with Gasteiger partial charge in [0.1, 0.15) is 6.61 Å². The van der Waals surface area contributed by atoms with E-state index in [2.05, 4.69) is 38.2 Å². The van der Waals surface area contributed by atoms with Gasteiger partial charge in [0, 0.05) is 19.3 Å². The third-order valence-corrected chi connectivity index (χ3v) is 10.8. The summed E-state index contributed by atoms with van der Waals surface area (Å²) >= 11 is 0. The summed E-state index contributed by atoms with van der Waals surface area (Å²) in [6, 6.07) is -0.614. The van der Waals surface area contributed by atoms with Crippen LogP contribution in [0.4, 0.5) is 0 Å². The average Bonchev–Trinajstić information content (AvgIpc) is 3.17. The minimum Gasteiger partial charge on any atom is -0.477 e. The van der Waals surface area contributed by atoms with Gasteiger partial charge in [-0.1, -0.05) is 186 Å². The minimum atomic E-state index is -0.875. The van der Waals surface area contributed by atoms with Gasteiger partial charge in [-0.25, -0.2) is 4.79 Å². The Labute approximate surface area is 351 Å². The van der Waals surface area contributed by atoms with Crippen LogP contribution < -0.4 is 0 Å². The molecule has 0 aromatic carbocycles. The summed E-state index contributed by atoms with van der Waals surface area (Å²) in [6.45, 7) is 4.68. The third kappa shape index (κ3) is 39.1. The topological polar surface area (TPSA) is 99.1 Å². The van der Waals surface area contributed by atoms with E-state index in [1.165, 1.54) is 116 Å². The molecule has 1 N–H and O–H groups in total. The van der Waals surface area contributed by atoms with Crippen LogP contribution in [-0.2, 0) is 28.6 Å². The zero-order valence-electron chi connectivity index (χ0n) is 38.1. The fourth-order valence-electron chi connectivity index (χ4n) is 7.13. The fourth-order valence-corrected chi connectivity index (χ4v) is 7.13. The summed E-state index contributed by atoms with van der Waals surface area (Å²) in [5, 5.41) is 9.62. The highest BCUT2D eigenvalue weighted by atomic mass is 16.6. The van der Waals surface area contributed by atoms with Gasteiger partial charge in [-0.3, -0.25) is 9.59 Å². The van der Waals surface area contributed by atoms with Crippen LogP contribution in [0.2, 0.25) is 0 Å². The van der Waals surface area contributed by atoms with E-state index in [1.807, 2.05) is 21.1 Å². The van der Waals surface area contributed by atoms with Crippen LogP contribution in [0, 0.1) is 0 Å². The standard InChI is InChI=1S/C49H91NO7/c1-6-8-10-12-14-16-18-20-21-22-23-24-25-26-28-29-31-33-35-37-39-47(51)56-44-45(43-55-42-41-46(49(53)54)50(3,4)5)57-48(52)40-38-36-34-32-30-27-19-17-15-13-11-9-7-2/h11,13,17,19,45-46H,6-10,12,14-16,18,20-44H2,1-5H3/p+1/b13-11-,19-17-. The molecule has 2 unspecified atom stereocenters. The Kier molecular flexibility index (Phi) is 39.0. The average molecular weight is 807 g/mol. The molecule has 0 aliphatic heterocycles. The van der Waals surface area contributed by atoms with E-state index in [9.17, 15) is 19.5 Å². The number of carboxylic acid groups (broad SMARTS) is 1. The molecule has 0 rings (SSSR count). The number of hydrogen-bond acceptors (Lipinski definition) is 6. The maximum absolute atomic E-state index is 12.7. The zero-order chi connectivity index (χ0) is 42.1. The zero-order valence-corrected chi connectivity index (χ0v) is 38.1. The van der Waals surface area contributed by atoms with Crippen molar-refractivity contribution >= 4 is 17.9 Å². The van der Waals surface area contributed by atoms with E-state index in [4.69, 9.17) is 14.2 Å². The van der Waals surface area contributed by atoms with Crippen LogP contribution in [0.1, 0.15) is 219 Å². The van der Waals surface area contributed by atoms with Crippen LogP contribution in [0.15, 0.2) is 24.3 Å². The molecule has 8 nitrogen and oxygen atoms in total. The number of ether oxygens (including phenoxy) is 3. The number of unbranched alkanes of at least 4 members (excludes halogenated alkanes) is 25. The van der Waals surface area contributed by atoms with Gasteiger partial charge in [0.25, 0.3) is 0 Å². The summed E-state index contributed by atoms with van der Waals surface area (Å²) in [5.41, 5.74) is 0. The number of rotatable bonds is 43. The van der Waals surface area contributed by atoms with E-state index in [0.29, 0.717) is 19.3 Å². The quantitative estimate of drug-likeness (QED) is 0.0283. The van der Waals surface area contributed by atoms with Crippen molar-refractivity contribution in [3.05, 3.63) is 24.3 Å². The second-order valence-corrected chi connectivity index (χ2v) is 17.4. The number of carbonyl (C=O) groups excluding carboxylic acids is 2. The maximum atomic E-state index is 12.7.